The maximum absolute atomic E-state index is 2.28. The van der Waals surface area contributed by atoms with Crippen molar-refractivity contribution in [3.8, 4) is 0 Å². The van der Waals surface area contributed by atoms with Crippen LogP contribution in [0.25, 0.3) is 0 Å². The smallest absolute Gasteiger partial charge is 1.00 e. The van der Waals surface area contributed by atoms with Crippen LogP contribution >= 0.6 is 0 Å². The van der Waals surface area contributed by atoms with Gasteiger partial charge in [0.25, 0.3) is 0 Å². The minimum absolute atomic E-state index is 0. The zero-order chi connectivity index (χ0) is 8.36. The molecular weight excluding hydrogens is 227 g/mol. The van der Waals surface area contributed by atoms with Gasteiger partial charge in [-0.15, -0.1) is 0 Å². The Bertz CT molecular complexity index is 58.9. The molecule has 0 rings (SSSR count). The molecule has 0 amide bonds. The monoisotopic (exact) mass is 248 g/mol. The average molecular weight is 249 g/mol. The summed E-state index contributed by atoms with van der Waals surface area (Å²) < 4.78 is 0. The predicted molar refractivity (Wildman–Crippen MR) is 54.4 cm³/mol. The van der Waals surface area contributed by atoms with E-state index < -0.39 is 0 Å². The maximum atomic E-state index is 2.28. The summed E-state index contributed by atoms with van der Waals surface area (Å²) in [4.78, 5) is 0. The van der Waals surface area contributed by atoms with E-state index in [4.69, 9.17) is 0 Å². The molecule has 0 aliphatic carbocycles. The van der Waals surface area contributed by atoms with Crippen molar-refractivity contribution >= 4 is 15.2 Å². The van der Waals surface area contributed by atoms with E-state index in [1.165, 1.54) is 38.5 Å². The third-order valence-electron chi connectivity index (χ3n) is 2.02. The minimum Gasteiger partial charge on any atom is -1.00 e. The van der Waals surface area contributed by atoms with Gasteiger partial charge < -0.3 is 17.0 Å². The van der Waals surface area contributed by atoms with E-state index in [-0.39, 0.29) is 17.0 Å². The second-order valence-corrected chi connectivity index (χ2v) is 5.01. The Balaban J connectivity index is 0. The summed E-state index contributed by atoms with van der Waals surface area (Å²) in [6.45, 7) is 4.57. The molecule has 0 saturated carbocycles. The van der Waals surface area contributed by atoms with Crippen molar-refractivity contribution in [2.24, 2.45) is 0 Å². The van der Waals surface area contributed by atoms with Gasteiger partial charge in [-0.2, -0.15) is 0 Å². The second-order valence-electron chi connectivity index (χ2n) is 3.28. The molecular formula is C10H22AlBr. The molecule has 0 heterocycles. The summed E-state index contributed by atoms with van der Waals surface area (Å²) >= 11 is 0.811. The molecule has 0 aromatic carbocycles. The summed E-state index contributed by atoms with van der Waals surface area (Å²) in [7, 11) is 0. The molecule has 12 heavy (non-hydrogen) atoms. The third-order valence-corrected chi connectivity index (χ3v) is 3.66. The number of rotatable bonds is 8. The van der Waals surface area contributed by atoms with Gasteiger partial charge in [-0.05, 0) is 0 Å². The quantitative estimate of drug-likeness (QED) is 0.443. The van der Waals surface area contributed by atoms with Gasteiger partial charge in [0.1, 0.15) is 0 Å². The molecule has 0 atom stereocenters. The number of hydrogen-bond donors (Lipinski definition) is 0. The zero-order valence-electron chi connectivity index (χ0n) is 8.61. The summed E-state index contributed by atoms with van der Waals surface area (Å²) in [6.07, 6.45) is 8.68. The molecule has 0 bridgehead atoms. The standard InChI is InChI=1S/2C5H11.Al.BrH/c2*1-3-5-4-2;;/h2*1,3-5H2,2H3;;1H/q;;+1;/p-1. The first-order valence-electron chi connectivity index (χ1n) is 5.23. The molecule has 0 fully saturated rings. The van der Waals surface area contributed by atoms with Gasteiger partial charge in [0, 0.05) is 0 Å². The first-order chi connectivity index (χ1) is 5.41. The van der Waals surface area contributed by atoms with Crippen molar-refractivity contribution in [1.82, 2.24) is 0 Å². The van der Waals surface area contributed by atoms with Gasteiger partial charge >= 0.3 is 78.2 Å². The molecule has 0 aromatic heterocycles. The van der Waals surface area contributed by atoms with Crippen molar-refractivity contribution in [3.05, 3.63) is 0 Å². The van der Waals surface area contributed by atoms with Crippen molar-refractivity contribution in [1.29, 1.82) is 0 Å². The van der Waals surface area contributed by atoms with Crippen LogP contribution in [-0.2, 0) is 0 Å². The Labute approximate surface area is 95.0 Å². The minimum atomic E-state index is 0. The van der Waals surface area contributed by atoms with Crippen LogP contribution in [0.2, 0.25) is 10.6 Å². The van der Waals surface area contributed by atoms with Gasteiger partial charge in [0.15, 0.2) is 0 Å². The summed E-state index contributed by atoms with van der Waals surface area (Å²) in [5.74, 6) is 0. The SMILES string of the molecule is CCCC[CH2][Al+][CH2]CCCC.[Br-]. The Kier molecular flexibility index (Phi) is 18.7. The van der Waals surface area contributed by atoms with E-state index in [1.54, 1.807) is 10.6 Å². The van der Waals surface area contributed by atoms with E-state index in [9.17, 15) is 0 Å². The van der Waals surface area contributed by atoms with E-state index >= 15 is 0 Å². The van der Waals surface area contributed by atoms with Crippen molar-refractivity contribution in [3.63, 3.8) is 0 Å². The summed E-state index contributed by atoms with van der Waals surface area (Å²) in [5.41, 5.74) is 0. The van der Waals surface area contributed by atoms with Crippen LogP contribution in [0.5, 0.6) is 0 Å². The van der Waals surface area contributed by atoms with Crippen molar-refractivity contribution in [2.45, 2.75) is 62.9 Å². The molecule has 72 valence electrons. The zero-order valence-corrected chi connectivity index (χ0v) is 11.4. The number of hydrogen-bond acceptors (Lipinski definition) is 0. The molecule has 2 heteroatoms. The molecule has 0 unspecified atom stereocenters. The molecule has 0 aliphatic heterocycles. The average Bonchev–Trinajstić information content (AvgIpc) is 2.03. The molecule has 0 spiro atoms. The van der Waals surface area contributed by atoms with Gasteiger partial charge in [0.05, 0.1) is 0 Å². The second kappa shape index (κ2) is 14.5. The Morgan fingerprint density at radius 2 is 1.17 bits per heavy atom. The Hall–Kier alpha value is 1.01. The van der Waals surface area contributed by atoms with Crippen LogP contribution < -0.4 is 17.0 Å². The van der Waals surface area contributed by atoms with Crippen LogP contribution in [-0.4, -0.2) is 15.2 Å². The van der Waals surface area contributed by atoms with E-state index in [0.717, 1.165) is 15.2 Å². The van der Waals surface area contributed by atoms with Crippen LogP contribution in [0.4, 0.5) is 0 Å². The fraction of sp³-hybridized carbons (Fsp3) is 1.00. The van der Waals surface area contributed by atoms with Crippen LogP contribution in [0, 0.1) is 0 Å². The fourth-order valence-electron chi connectivity index (χ4n) is 1.22. The van der Waals surface area contributed by atoms with E-state index in [1.807, 2.05) is 0 Å². The third kappa shape index (κ3) is 13.6. The number of halogens is 1. The first kappa shape index (κ1) is 15.5. The van der Waals surface area contributed by atoms with Crippen LogP contribution in [0.1, 0.15) is 52.4 Å². The largest absolute Gasteiger partial charge is 1.00 e. The fourth-order valence-corrected chi connectivity index (χ4v) is 2.67. The molecule has 0 N–H and O–H groups in total. The van der Waals surface area contributed by atoms with Crippen LogP contribution in [0.15, 0.2) is 0 Å². The summed E-state index contributed by atoms with van der Waals surface area (Å²) in [6, 6.07) is 0. The topological polar surface area (TPSA) is 0 Å². The normalized spacial score (nSPS) is 8.83. The van der Waals surface area contributed by atoms with Crippen molar-refractivity contribution in [2.75, 3.05) is 0 Å². The van der Waals surface area contributed by atoms with Gasteiger partial charge in [-0.25, -0.2) is 0 Å². The predicted octanol–water partition coefficient (Wildman–Crippen LogP) is 0.912. The van der Waals surface area contributed by atoms with E-state index in [2.05, 4.69) is 13.8 Å². The van der Waals surface area contributed by atoms with Gasteiger partial charge in [-0.1, -0.05) is 0 Å². The molecule has 0 saturated heterocycles. The van der Waals surface area contributed by atoms with Crippen LogP contribution in [0.3, 0.4) is 0 Å². The Morgan fingerprint density at radius 3 is 1.50 bits per heavy atom. The van der Waals surface area contributed by atoms with Gasteiger partial charge in [0.2, 0.25) is 0 Å². The molecule has 0 aliphatic rings. The Morgan fingerprint density at radius 1 is 0.750 bits per heavy atom. The van der Waals surface area contributed by atoms with Crippen molar-refractivity contribution < 1.29 is 17.0 Å². The molecule has 0 radical (unpaired) electrons. The maximum Gasteiger partial charge on any atom is -1.00 e. The van der Waals surface area contributed by atoms with E-state index in [0.29, 0.717) is 0 Å². The first-order valence-corrected chi connectivity index (χ1v) is 6.86. The molecule has 0 nitrogen and oxygen atoms in total. The van der Waals surface area contributed by atoms with Gasteiger partial charge in [-0.3, -0.25) is 0 Å². The molecule has 0 aromatic rings. The summed E-state index contributed by atoms with van der Waals surface area (Å²) in [5, 5.41) is 3.11. The number of unbranched alkanes of at least 4 members (excludes halogenated alkanes) is 4.